The van der Waals surface area contributed by atoms with E-state index in [1.165, 1.54) is 25.3 Å². The number of rotatable bonds is 8. The summed E-state index contributed by atoms with van der Waals surface area (Å²) in [6, 6.07) is 6.89. The second-order valence-corrected chi connectivity index (χ2v) is 7.00. The van der Waals surface area contributed by atoms with Crippen LogP contribution >= 0.6 is 24.0 Å². The number of halogens is 2. The topological polar surface area (TPSA) is 56.7 Å². The van der Waals surface area contributed by atoms with Crippen molar-refractivity contribution in [1.82, 2.24) is 10.6 Å². The maximum atomic E-state index is 13.7. The zero-order valence-electron chi connectivity index (χ0n) is 15.8. The lowest BCUT2D eigenvalue weighted by molar-refractivity contribution is 0.137. The lowest BCUT2D eigenvalue weighted by Crippen LogP contribution is -2.40. The molecule has 4 nitrogen and oxygen atoms in total. The van der Waals surface area contributed by atoms with Gasteiger partial charge in [-0.2, -0.15) is 0 Å². The summed E-state index contributed by atoms with van der Waals surface area (Å²) in [4.78, 5) is 4.77. The number of hydrogen-bond acceptors (Lipinski definition) is 2. The number of nitrogens with zero attached hydrogens (tertiary/aromatic N) is 1. The van der Waals surface area contributed by atoms with E-state index in [2.05, 4.69) is 10.6 Å². The van der Waals surface area contributed by atoms with Crippen LogP contribution < -0.4 is 10.6 Å². The number of guanidine groups is 1. The molecule has 0 bridgehead atoms. The standard InChI is InChI=1S/C20H32FN3O.HI/c1-2-22-19(23-14-10-17-8-4-5-9-18(17)21)24-16-20(13-15-25)11-6-3-7-12-20;/h4-5,8-9,25H,2-3,6-7,10-16H2,1H3,(H2,22,23,24);1H. The summed E-state index contributed by atoms with van der Waals surface area (Å²) in [6.45, 7) is 4.44. The second-order valence-electron chi connectivity index (χ2n) is 7.00. The van der Waals surface area contributed by atoms with Crippen LogP contribution in [0.25, 0.3) is 0 Å². The van der Waals surface area contributed by atoms with Crippen LogP contribution in [0.5, 0.6) is 0 Å². The van der Waals surface area contributed by atoms with Crippen molar-refractivity contribution in [2.45, 2.75) is 51.9 Å². The van der Waals surface area contributed by atoms with Crippen LogP contribution in [0.15, 0.2) is 29.3 Å². The summed E-state index contributed by atoms with van der Waals surface area (Å²) in [7, 11) is 0. The third kappa shape index (κ3) is 7.39. The van der Waals surface area contributed by atoms with Crippen molar-refractivity contribution < 1.29 is 9.50 Å². The minimum absolute atomic E-state index is 0. The molecule has 1 fully saturated rings. The van der Waals surface area contributed by atoms with Gasteiger partial charge < -0.3 is 15.7 Å². The van der Waals surface area contributed by atoms with Crippen LogP contribution in [0.2, 0.25) is 0 Å². The summed E-state index contributed by atoms with van der Waals surface area (Å²) in [6.07, 6.45) is 7.48. The zero-order chi connectivity index (χ0) is 18.0. The van der Waals surface area contributed by atoms with Crippen molar-refractivity contribution >= 4 is 29.9 Å². The number of nitrogens with one attached hydrogen (secondary N) is 2. The Morgan fingerprint density at radius 3 is 2.58 bits per heavy atom. The first kappa shape index (κ1) is 23.1. The minimum Gasteiger partial charge on any atom is -0.396 e. The van der Waals surface area contributed by atoms with Crippen molar-refractivity contribution in [3.8, 4) is 0 Å². The fourth-order valence-corrected chi connectivity index (χ4v) is 3.63. The summed E-state index contributed by atoms with van der Waals surface area (Å²) < 4.78 is 13.7. The van der Waals surface area contributed by atoms with E-state index in [-0.39, 0.29) is 41.8 Å². The van der Waals surface area contributed by atoms with Gasteiger partial charge in [-0.25, -0.2) is 4.39 Å². The Bertz CT molecular complexity index is 542. The van der Waals surface area contributed by atoms with Crippen molar-refractivity contribution in [3.63, 3.8) is 0 Å². The molecule has 0 spiro atoms. The quantitative estimate of drug-likeness (QED) is 0.303. The molecule has 1 aromatic rings. The van der Waals surface area contributed by atoms with Crippen LogP contribution in [-0.4, -0.2) is 37.3 Å². The monoisotopic (exact) mass is 477 g/mol. The molecule has 3 N–H and O–H groups in total. The molecule has 1 saturated carbocycles. The Morgan fingerprint density at radius 2 is 1.92 bits per heavy atom. The first-order valence-corrected chi connectivity index (χ1v) is 9.55. The highest BCUT2D eigenvalue weighted by Crippen LogP contribution is 2.39. The largest absolute Gasteiger partial charge is 0.396 e. The van der Waals surface area contributed by atoms with Gasteiger partial charge in [-0.3, -0.25) is 4.99 Å². The maximum absolute atomic E-state index is 13.7. The zero-order valence-corrected chi connectivity index (χ0v) is 18.1. The van der Waals surface area contributed by atoms with Gasteiger partial charge in [0.2, 0.25) is 0 Å². The Morgan fingerprint density at radius 1 is 1.19 bits per heavy atom. The van der Waals surface area contributed by atoms with Crippen LogP contribution in [0.1, 0.15) is 51.0 Å². The van der Waals surface area contributed by atoms with Crippen LogP contribution in [0.4, 0.5) is 4.39 Å². The van der Waals surface area contributed by atoms with E-state index < -0.39 is 0 Å². The highest BCUT2D eigenvalue weighted by atomic mass is 127. The summed E-state index contributed by atoms with van der Waals surface area (Å²) >= 11 is 0. The number of hydrogen-bond donors (Lipinski definition) is 3. The molecule has 1 aliphatic rings. The summed E-state index contributed by atoms with van der Waals surface area (Å²) in [5, 5.41) is 16.0. The molecule has 0 saturated heterocycles. The number of aliphatic hydroxyl groups excluding tert-OH is 1. The number of aliphatic hydroxyl groups is 1. The molecule has 0 aliphatic heterocycles. The molecular formula is C20H33FIN3O. The molecule has 1 aliphatic carbocycles. The normalized spacial score (nSPS) is 16.7. The van der Waals surface area contributed by atoms with Crippen molar-refractivity contribution in [3.05, 3.63) is 35.6 Å². The van der Waals surface area contributed by atoms with E-state index in [0.717, 1.165) is 43.9 Å². The molecule has 0 atom stereocenters. The molecule has 0 heterocycles. The lowest BCUT2D eigenvalue weighted by atomic mass is 9.72. The number of aliphatic imine (C=N–C) groups is 1. The Hall–Kier alpha value is -0.890. The van der Waals surface area contributed by atoms with Crippen molar-refractivity contribution in [2.24, 2.45) is 10.4 Å². The molecule has 2 rings (SSSR count). The first-order chi connectivity index (χ1) is 12.2. The predicted molar refractivity (Wildman–Crippen MR) is 117 cm³/mol. The molecule has 0 amide bonds. The molecule has 0 unspecified atom stereocenters. The molecule has 26 heavy (non-hydrogen) atoms. The third-order valence-corrected chi connectivity index (χ3v) is 5.12. The van der Waals surface area contributed by atoms with Gasteiger partial charge in [-0.1, -0.05) is 37.5 Å². The van der Waals surface area contributed by atoms with Gasteiger partial charge in [0.15, 0.2) is 5.96 Å². The Labute approximate surface area is 174 Å². The van der Waals surface area contributed by atoms with Gasteiger partial charge >= 0.3 is 0 Å². The lowest BCUT2D eigenvalue weighted by Gasteiger charge is -2.35. The predicted octanol–water partition coefficient (Wildman–Crippen LogP) is 3.87. The average molecular weight is 477 g/mol. The molecule has 148 valence electrons. The smallest absolute Gasteiger partial charge is 0.191 e. The van der Waals surface area contributed by atoms with Crippen molar-refractivity contribution in [2.75, 3.05) is 26.2 Å². The van der Waals surface area contributed by atoms with E-state index in [1.54, 1.807) is 6.07 Å². The van der Waals surface area contributed by atoms with E-state index in [1.807, 2.05) is 19.1 Å². The van der Waals surface area contributed by atoms with Gasteiger partial charge in [0.1, 0.15) is 5.82 Å². The van der Waals surface area contributed by atoms with Crippen LogP contribution in [0.3, 0.4) is 0 Å². The summed E-state index contributed by atoms with van der Waals surface area (Å²) in [5.41, 5.74) is 0.857. The van der Waals surface area contributed by atoms with Crippen LogP contribution in [-0.2, 0) is 6.42 Å². The third-order valence-electron chi connectivity index (χ3n) is 5.12. The van der Waals surface area contributed by atoms with E-state index >= 15 is 0 Å². The molecule has 1 aromatic carbocycles. The van der Waals surface area contributed by atoms with Crippen molar-refractivity contribution in [1.29, 1.82) is 0 Å². The SMILES string of the molecule is CCNC(=NCC1(CCO)CCCCC1)NCCc1ccccc1F.I. The molecule has 0 radical (unpaired) electrons. The van der Waals surface area contributed by atoms with E-state index in [9.17, 15) is 9.50 Å². The van der Waals surface area contributed by atoms with Gasteiger partial charge in [-0.15, -0.1) is 24.0 Å². The fourth-order valence-electron chi connectivity index (χ4n) is 3.63. The molecule has 6 heteroatoms. The van der Waals surface area contributed by atoms with Gasteiger partial charge in [0.25, 0.3) is 0 Å². The highest BCUT2D eigenvalue weighted by molar-refractivity contribution is 14.0. The van der Waals surface area contributed by atoms with Crippen LogP contribution in [0, 0.1) is 11.2 Å². The highest BCUT2D eigenvalue weighted by Gasteiger charge is 2.31. The van der Waals surface area contributed by atoms with E-state index in [0.29, 0.717) is 13.0 Å². The number of benzene rings is 1. The van der Waals surface area contributed by atoms with Gasteiger partial charge in [0, 0.05) is 26.2 Å². The maximum Gasteiger partial charge on any atom is 0.191 e. The second kappa shape index (κ2) is 12.5. The Balaban J connectivity index is 0.00000338. The minimum atomic E-state index is -0.157. The Kier molecular flexibility index (Phi) is 11.1. The average Bonchev–Trinajstić information content (AvgIpc) is 2.62. The molecule has 0 aromatic heterocycles. The molecular weight excluding hydrogens is 444 g/mol. The first-order valence-electron chi connectivity index (χ1n) is 9.55. The van der Waals surface area contributed by atoms with Gasteiger partial charge in [0.05, 0.1) is 0 Å². The van der Waals surface area contributed by atoms with E-state index in [4.69, 9.17) is 4.99 Å². The summed E-state index contributed by atoms with van der Waals surface area (Å²) in [5.74, 6) is 0.622. The van der Waals surface area contributed by atoms with Gasteiger partial charge in [-0.05, 0) is 49.7 Å². The fraction of sp³-hybridized carbons (Fsp3) is 0.650.